The Morgan fingerprint density at radius 1 is 1.32 bits per heavy atom. The molecule has 3 rings (SSSR count). The summed E-state index contributed by atoms with van der Waals surface area (Å²) in [7, 11) is 0. The highest BCUT2D eigenvalue weighted by Crippen LogP contribution is 2.34. The molecule has 0 aliphatic heterocycles. The largest absolute Gasteiger partial charge is 0.386 e. The molecule has 1 aromatic carbocycles. The molecule has 0 spiro atoms. The molecule has 2 atom stereocenters. The number of aliphatic imine (C=N–C) groups is 1. The van der Waals surface area contributed by atoms with Crippen molar-refractivity contribution < 1.29 is 5.11 Å². The molecule has 0 amide bonds. The summed E-state index contributed by atoms with van der Waals surface area (Å²) < 4.78 is 0.682. The normalized spacial score (nSPS) is 17.1. The van der Waals surface area contributed by atoms with Crippen LogP contribution >= 0.6 is 46.9 Å². The van der Waals surface area contributed by atoms with Gasteiger partial charge in [-0.15, -0.1) is 35.3 Å². The van der Waals surface area contributed by atoms with E-state index in [0.29, 0.717) is 16.8 Å². The fraction of sp³-hybridized carbons (Fsp3) is 0.389. The Kier molecular flexibility index (Phi) is 7.99. The molecule has 4 nitrogen and oxygen atoms in total. The minimum absolute atomic E-state index is 0. The zero-order chi connectivity index (χ0) is 16.9. The first-order valence-corrected chi connectivity index (χ1v) is 9.40. The first kappa shape index (κ1) is 20.5. The summed E-state index contributed by atoms with van der Waals surface area (Å²) in [5.74, 6) is 1.27. The molecule has 0 saturated heterocycles. The van der Waals surface area contributed by atoms with Crippen molar-refractivity contribution in [1.82, 2.24) is 10.6 Å². The molecular weight excluding hydrogens is 469 g/mol. The number of halogens is 2. The van der Waals surface area contributed by atoms with Crippen molar-refractivity contribution in [2.24, 2.45) is 4.99 Å². The summed E-state index contributed by atoms with van der Waals surface area (Å²) in [6.07, 6.45) is 0.487. The Balaban J connectivity index is 0.00000225. The number of hydrogen-bond acceptors (Lipinski definition) is 3. The monoisotopic (exact) mass is 491 g/mol. The maximum absolute atomic E-state index is 10.2. The maximum Gasteiger partial charge on any atom is 0.191 e. The maximum atomic E-state index is 10.2. The first-order valence-electron chi connectivity index (χ1n) is 8.20. The Morgan fingerprint density at radius 2 is 2.12 bits per heavy atom. The van der Waals surface area contributed by atoms with Crippen molar-refractivity contribution >= 4 is 52.9 Å². The fourth-order valence-corrected chi connectivity index (χ4v) is 3.92. The Hall–Kier alpha value is -0.830. The van der Waals surface area contributed by atoms with Crippen molar-refractivity contribution in [3.05, 3.63) is 56.7 Å². The SMILES string of the molecule is CCNC(=NCC(O)c1ccc(Cl)s1)NCC1Cc2ccccc21.I. The third-order valence-corrected chi connectivity index (χ3v) is 5.50. The molecule has 136 valence electrons. The molecule has 7 heteroatoms. The minimum Gasteiger partial charge on any atom is -0.386 e. The standard InChI is InChI=1S/C18H22ClN3OS.HI/c1-2-20-18(22-11-15(23)16-7-8-17(19)24-16)21-10-13-9-12-5-3-4-6-14(12)13;/h3-8,13,15,23H,2,9-11H2,1H3,(H2,20,21,22);1H. The number of rotatable bonds is 6. The molecule has 0 radical (unpaired) electrons. The zero-order valence-electron chi connectivity index (χ0n) is 14.0. The van der Waals surface area contributed by atoms with E-state index in [4.69, 9.17) is 11.6 Å². The molecule has 25 heavy (non-hydrogen) atoms. The third kappa shape index (κ3) is 5.32. The number of thiophene rings is 1. The lowest BCUT2D eigenvalue weighted by molar-refractivity contribution is 0.191. The number of benzene rings is 1. The van der Waals surface area contributed by atoms with E-state index in [1.165, 1.54) is 22.5 Å². The van der Waals surface area contributed by atoms with Gasteiger partial charge in [0.25, 0.3) is 0 Å². The lowest BCUT2D eigenvalue weighted by Gasteiger charge is -2.30. The van der Waals surface area contributed by atoms with Gasteiger partial charge in [-0.05, 0) is 36.6 Å². The van der Waals surface area contributed by atoms with E-state index in [-0.39, 0.29) is 24.0 Å². The average Bonchev–Trinajstić information content (AvgIpc) is 2.99. The van der Waals surface area contributed by atoms with E-state index in [1.54, 1.807) is 6.07 Å². The lowest BCUT2D eigenvalue weighted by Crippen LogP contribution is -2.41. The number of nitrogens with zero attached hydrogens (tertiary/aromatic N) is 1. The molecule has 1 aliphatic carbocycles. The van der Waals surface area contributed by atoms with Gasteiger partial charge in [-0.3, -0.25) is 4.99 Å². The molecule has 2 aromatic rings. The van der Waals surface area contributed by atoms with E-state index >= 15 is 0 Å². The van der Waals surface area contributed by atoms with Gasteiger partial charge in [0.15, 0.2) is 5.96 Å². The van der Waals surface area contributed by atoms with Crippen LogP contribution in [-0.2, 0) is 6.42 Å². The van der Waals surface area contributed by atoms with Crippen molar-refractivity contribution in [1.29, 1.82) is 0 Å². The van der Waals surface area contributed by atoms with Crippen LogP contribution < -0.4 is 10.6 Å². The number of guanidine groups is 1. The van der Waals surface area contributed by atoms with Gasteiger partial charge in [0.05, 0.1) is 10.9 Å². The molecule has 1 heterocycles. The smallest absolute Gasteiger partial charge is 0.191 e. The zero-order valence-corrected chi connectivity index (χ0v) is 17.9. The summed E-state index contributed by atoms with van der Waals surface area (Å²) in [5, 5.41) is 16.8. The highest BCUT2D eigenvalue weighted by atomic mass is 127. The van der Waals surface area contributed by atoms with E-state index in [1.807, 2.05) is 13.0 Å². The van der Waals surface area contributed by atoms with Crippen LogP contribution in [-0.4, -0.2) is 30.7 Å². The van der Waals surface area contributed by atoms with Crippen LogP contribution in [0.1, 0.15) is 34.9 Å². The second kappa shape index (κ2) is 9.75. The van der Waals surface area contributed by atoms with Crippen molar-refractivity contribution in [2.45, 2.75) is 25.4 Å². The summed E-state index contributed by atoms with van der Waals surface area (Å²) in [6.45, 7) is 3.98. The van der Waals surface area contributed by atoms with Crippen LogP contribution in [0.25, 0.3) is 0 Å². The van der Waals surface area contributed by atoms with Crippen LogP contribution in [0.2, 0.25) is 4.34 Å². The molecule has 1 aliphatic rings. The Labute approximate surface area is 174 Å². The number of aliphatic hydroxyl groups is 1. The second-order valence-electron chi connectivity index (χ2n) is 5.86. The molecule has 1 aromatic heterocycles. The second-order valence-corrected chi connectivity index (χ2v) is 7.60. The predicted molar refractivity (Wildman–Crippen MR) is 117 cm³/mol. The van der Waals surface area contributed by atoms with E-state index < -0.39 is 6.10 Å². The molecule has 0 fully saturated rings. The summed E-state index contributed by atoms with van der Waals surface area (Å²) in [5.41, 5.74) is 2.87. The third-order valence-electron chi connectivity index (χ3n) is 4.17. The van der Waals surface area contributed by atoms with E-state index in [9.17, 15) is 5.11 Å². The first-order chi connectivity index (χ1) is 11.7. The van der Waals surface area contributed by atoms with Crippen molar-refractivity contribution in [3.63, 3.8) is 0 Å². The molecule has 2 unspecified atom stereocenters. The van der Waals surface area contributed by atoms with Gasteiger partial charge >= 0.3 is 0 Å². The number of nitrogens with one attached hydrogen (secondary N) is 2. The highest BCUT2D eigenvalue weighted by Gasteiger charge is 2.25. The van der Waals surface area contributed by atoms with Crippen LogP contribution in [0.15, 0.2) is 41.4 Å². The van der Waals surface area contributed by atoms with Crippen LogP contribution in [0.4, 0.5) is 0 Å². The van der Waals surface area contributed by atoms with E-state index in [2.05, 4.69) is 39.9 Å². The number of hydrogen-bond donors (Lipinski definition) is 3. The molecule has 0 bridgehead atoms. The number of aliphatic hydroxyl groups excluding tert-OH is 1. The minimum atomic E-state index is -0.623. The van der Waals surface area contributed by atoms with Gasteiger partial charge in [-0.1, -0.05) is 35.9 Å². The van der Waals surface area contributed by atoms with Crippen molar-refractivity contribution in [2.75, 3.05) is 19.6 Å². The predicted octanol–water partition coefficient (Wildman–Crippen LogP) is 3.95. The summed E-state index contributed by atoms with van der Waals surface area (Å²) in [6, 6.07) is 12.2. The molecular formula is C18H23ClIN3OS. The number of fused-ring (bicyclic) bond motifs is 1. The van der Waals surface area contributed by atoms with Crippen LogP contribution in [0.3, 0.4) is 0 Å². The molecule has 0 saturated carbocycles. The Bertz CT molecular complexity index is 722. The topological polar surface area (TPSA) is 56.7 Å². The van der Waals surface area contributed by atoms with Crippen LogP contribution in [0.5, 0.6) is 0 Å². The van der Waals surface area contributed by atoms with Gasteiger partial charge in [0, 0.05) is 23.9 Å². The fourth-order valence-electron chi connectivity index (χ4n) is 2.88. The van der Waals surface area contributed by atoms with Crippen molar-refractivity contribution in [3.8, 4) is 0 Å². The van der Waals surface area contributed by atoms with Crippen LogP contribution in [0, 0.1) is 0 Å². The van der Waals surface area contributed by atoms with E-state index in [0.717, 1.165) is 30.3 Å². The average molecular weight is 492 g/mol. The van der Waals surface area contributed by atoms with Gasteiger partial charge in [0.1, 0.15) is 6.10 Å². The van der Waals surface area contributed by atoms with Gasteiger partial charge in [0.2, 0.25) is 0 Å². The summed E-state index contributed by atoms with van der Waals surface area (Å²) in [4.78, 5) is 5.33. The van der Waals surface area contributed by atoms with Gasteiger partial charge in [-0.25, -0.2) is 0 Å². The Morgan fingerprint density at radius 3 is 2.80 bits per heavy atom. The summed E-state index contributed by atoms with van der Waals surface area (Å²) >= 11 is 7.30. The van der Waals surface area contributed by atoms with Gasteiger partial charge in [-0.2, -0.15) is 0 Å². The van der Waals surface area contributed by atoms with Gasteiger partial charge < -0.3 is 15.7 Å². The quantitative estimate of drug-likeness (QED) is 0.326. The lowest BCUT2D eigenvalue weighted by atomic mass is 9.78. The molecule has 3 N–H and O–H groups in total. The highest BCUT2D eigenvalue weighted by molar-refractivity contribution is 14.0.